The van der Waals surface area contributed by atoms with Gasteiger partial charge < -0.3 is 15.4 Å². The van der Waals surface area contributed by atoms with Crippen LogP contribution in [0.4, 0.5) is 0 Å². The highest BCUT2D eigenvalue weighted by Crippen LogP contribution is 2.04. The quantitative estimate of drug-likeness (QED) is 0.859. The van der Waals surface area contributed by atoms with E-state index in [1.54, 1.807) is 11.9 Å². The molecule has 1 amide bonds. The molecule has 5 heteroatoms. The lowest BCUT2D eigenvalue weighted by atomic mass is 10.2. The zero-order valence-electron chi connectivity index (χ0n) is 10.1. The molecule has 0 spiro atoms. The van der Waals surface area contributed by atoms with Crippen LogP contribution in [0.1, 0.15) is 5.56 Å². The number of amides is 1. The smallest absolute Gasteiger partial charge is 0.253 e. The predicted octanol–water partition coefficient (Wildman–Crippen LogP) is 1.04. The van der Waals surface area contributed by atoms with E-state index in [4.69, 9.17) is 10.5 Å². The molecule has 0 radical (unpaired) electrons. The molecule has 0 bridgehead atoms. The second-order valence-corrected chi connectivity index (χ2v) is 3.64. The summed E-state index contributed by atoms with van der Waals surface area (Å²) < 4.78 is 5.00. The Kier molecular flexibility index (Phi) is 7.54. The van der Waals surface area contributed by atoms with Gasteiger partial charge in [0.1, 0.15) is 6.10 Å². The zero-order valence-corrected chi connectivity index (χ0v) is 10.9. The number of carbonyl (C=O) groups is 1. The Morgan fingerprint density at radius 1 is 1.41 bits per heavy atom. The van der Waals surface area contributed by atoms with Crippen molar-refractivity contribution in [1.82, 2.24) is 4.90 Å². The average Bonchev–Trinajstić information content (AvgIpc) is 2.31. The van der Waals surface area contributed by atoms with E-state index in [1.807, 2.05) is 30.3 Å². The van der Waals surface area contributed by atoms with Crippen LogP contribution in [-0.2, 0) is 16.1 Å². The Morgan fingerprint density at radius 3 is 2.47 bits per heavy atom. The van der Waals surface area contributed by atoms with Gasteiger partial charge in [-0.2, -0.15) is 0 Å². The molecule has 1 unspecified atom stereocenters. The third-order valence-corrected chi connectivity index (χ3v) is 2.41. The Labute approximate surface area is 108 Å². The Morgan fingerprint density at radius 2 is 2.00 bits per heavy atom. The monoisotopic (exact) mass is 258 g/mol. The molecule has 1 aromatic rings. The summed E-state index contributed by atoms with van der Waals surface area (Å²) >= 11 is 0. The summed E-state index contributed by atoms with van der Waals surface area (Å²) in [6.07, 6.45) is -0.547. The van der Waals surface area contributed by atoms with E-state index in [9.17, 15) is 4.79 Å². The first-order chi connectivity index (χ1) is 7.69. The van der Waals surface area contributed by atoms with Crippen molar-refractivity contribution in [2.75, 3.05) is 20.7 Å². The minimum Gasteiger partial charge on any atom is -0.370 e. The number of methoxy groups -OCH3 is 1. The van der Waals surface area contributed by atoms with Gasteiger partial charge >= 0.3 is 0 Å². The number of benzene rings is 1. The first-order valence-electron chi connectivity index (χ1n) is 5.20. The number of nitrogens with zero attached hydrogens (tertiary/aromatic N) is 1. The summed E-state index contributed by atoms with van der Waals surface area (Å²) in [6.45, 7) is 0.772. The summed E-state index contributed by atoms with van der Waals surface area (Å²) in [5.41, 5.74) is 6.53. The summed E-state index contributed by atoms with van der Waals surface area (Å²) in [5.74, 6) is -0.0890. The molecule has 4 nitrogen and oxygen atoms in total. The van der Waals surface area contributed by atoms with E-state index in [0.717, 1.165) is 5.56 Å². The fraction of sp³-hybridized carbons (Fsp3) is 0.417. The lowest BCUT2D eigenvalue weighted by molar-refractivity contribution is -0.140. The van der Waals surface area contributed by atoms with E-state index in [-0.39, 0.29) is 24.9 Å². The average molecular weight is 259 g/mol. The minimum absolute atomic E-state index is 0. The Hall–Kier alpha value is -1.10. The number of likely N-dealkylation sites (N-methyl/N-ethyl adjacent to an activating group) is 1. The van der Waals surface area contributed by atoms with Gasteiger partial charge in [-0.3, -0.25) is 4.79 Å². The van der Waals surface area contributed by atoms with Crippen molar-refractivity contribution in [2.24, 2.45) is 5.73 Å². The first-order valence-corrected chi connectivity index (χ1v) is 5.20. The molecule has 0 aliphatic heterocycles. The van der Waals surface area contributed by atoms with Crippen LogP contribution in [0.5, 0.6) is 0 Å². The largest absolute Gasteiger partial charge is 0.370 e. The summed E-state index contributed by atoms with van der Waals surface area (Å²) in [6, 6.07) is 9.81. The van der Waals surface area contributed by atoms with Crippen molar-refractivity contribution >= 4 is 18.3 Å². The van der Waals surface area contributed by atoms with E-state index < -0.39 is 6.10 Å². The van der Waals surface area contributed by atoms with Gasteiger partial charge in [-0.25, -0.2) is 0 Å². The normalized spacial score (nSPS) is 11.5. The fourth-order valence-corrected chi connectivity index (χ4v) is 1.48. The molecule has 0 fully saturated rings. The third kappa shape index (κ3) is 4.73. The van der Waals surface area contributed by atoms with Gasteiger partial charge in [-0.15, -0.1) is 12.4 Å². The molecule has 0 saturated carbocycles. The van der Waals surface area contributed by atoms with Crippen molar-refractivity contribution in [3.05, 3.63) is 35.9 Å². The van der Waals surface area contributed by atoms with Crippen LogP contribution >= 0.6 is 12.4 Å². The topological polar surface area (TPSA) is 55.6 Å². The van der Waals surface area contributed by atoms with Crippen LogP contribution in [0, 0.1) is 0 Å². The maximum Gasteiger partial charge on any atom is 0.253 e. The number of rotatable bonds is 5. The standard InChI is InChI=1S/C12H18N2O2.ClH/c1-14(12(15)11(8-13)16-2)9-10-6-4-3-5-7-10;/h3-7,11H,8-9,13H2,1-2H3;1H. The van der Waals surface area contributed by atoms with Gasteiger partial charge in [-0.05, 0) is 5.56 Å². The molecule has 0 aliphatic rings. The summed E-state index contributed by atoms with van der Waals surface area (Å²) in [5, 5.41) is 0. The van der Waals surface area contributed by atoms with Crippen molar-refractivity contribution in [1.29, 1.82) is 0 Å². The van der Waals surface area contributed by atoms with Gasteiger partial charge in [-0.1, -0.05) is 30.3 Å². The van der Waals surface area contributed by atoms with Crippen molar-refractivity contribution in [3.8, 4) is 0 Å². The van der Waals surface area contributed by atoms with Gasteiger partial charge in [0.25, 0.3) is 5.91 Å². The lowest BCUT2D eigenvalue weighted by Crippen LogP contribution is -2.41. The van der Waals surface area contributed by atoms with Gasteiger partial charge in [0.15, 0.2) is 0 Å². The van der Waals surface area contributed by atoms with Crippen LogP contribution in [-0.4, -0.2) is 37.6 Å². The van der Waals surface area contributed by atoms with E-state index >= 15 is 0 Å². The molecule has 1 aromatic carbocycles. The van der Waals surface area contributed by atoms with E-state index in [0.29, 0.717) is 6.54 Å². The van der Waals surface area contributed by atoms with Gasteiger partial charge in [0.05, 0.1) is 0 Å². The molecule has 1 rings (SSSR count). The van der Waals surface area contributed by atoms with Gasteiger partial charge in [0, 0.05) is 27.2 Å². The van der Waals surface area contributed by atoms with Crippen LogP contribution in [0.25, 0.3) is 0 Å². The highest BCUT2D eigenvalue weighted by Gasteiger charge is 2.19. The summed E-state index contributed by atoms with van der Waals surface area (Å²) in [7, 11) is 3.24. The van der Waals surface area contributed by atoms with E-state index in [2.05, 4.69) is 0 Å². The number of halogens is 1. The molecule has 0 saturated heterocycles. The number of hydrogen-bond donors (Lipinski definition) is 1. The number of carbonyl (C=O) groups excluding carboxylic acids is 1. The van der Waals surface area contributed by atoms with Crippen LogP contribution in [0.15, 0.2) is 30.3 Å². The molecule has 0 aliphatic carbocycles. The molecule has 0 aromatic heterocycles. The van der Waals surface area contributed by atoms with Crippen molar-refractivity contribution in [2.45, 2.75) is 12.6 Å². The Balaban J connectivity index is 0.00000256. The summed E-state index contributed by atoms with van der Waals surface area (Å²) in [4.78, 5) is 13.5. The zero-order chi connectivity index (χ0) is 12.0. The third-order valence-electron chi connectivity index (χ3n) is 2.41. The highest BCUT2D eigenvalue weighted by atomic mass is 35.5. The first kappa shape index (κ1) is 15.9. The molecule has 96 valence electrons. The lowest BCUT2D eigenvalue weighted by Gasteiger charge is -2.21. The van der Waals surface area contributed by atoms with E-state index in [1.165, 1.54) is 7.11 Å². The number of nitrogens with two attached hydrogens (primary N) is 1. The number of hydrogen-bond acceptors (Lipinski definition) is 3. The SMILES string of the molecule is COC(CN)C(=O)N(C)Cc1ccccc1.Cl. The maximum absolute atomic E-state index is 11.8. The molecular weight excluding hydrogens is 240 g/mol. The fourth-order valence-electron chi connectivity index (χ4n) is 1.48. The van der Waals surface area contributed by atoms with Crippen molar-refractivity contribution in [3.63, 3.8) is 0 Å². The molecule has 0 heterocycles. The van der Waals surface area contributed by atoms with Crippen LogP contribution in [0.3, 0.4) is 0 Å². The molecule has 2 N–H and O–H groups in total. The molecule has 1 atom stereocenters. The minimum atomic E-state index is -0.547. The maximum atomic E-state index is 11.8. The van der Waals surface area contributed by atoms with Crippen LogP contribution in [0.2, 0.25) is 0 Å². The molecule has 17 heavy (non-hydrogen) atoms. The van der Waals surface area contributed by atoms with Gasteiger partial charge in [0.2, 0.25) is 0 Å². The number of ether oxygens (including phenoxy) is 1. The van der Waals surface area contributed by atoms with Crippen LogP contribution < -0.4 is 5.73 Å². The molecular formula is C12H19ClN2O2. The predicted molar refractivity (Wildman–Crippen MR) is 70.0 cm³/mol. The highest BCUT2D eigenvalue weighted by molar-refractivity contribution is 5.85. The van der Waals surface area contributed by atoms with Crippen molar-refractivity contribution < 1.29 is 9.53 Å². The second-order valence-electron chi connectivity index (χ2n) is 3.64. The second kappa shape index (κ2) is 8.06. The Bertz CT molecular complexity index is 329.